The van der Waals surface area contributed by atoms with Gasteiger partial charge in [0.1, 0.15) is 18.2 Å². The molecule has 1 aliphatic rings. The van der Waals surface area contributed by atoms with Gasteiger partial charge in [0.2, 0.25) is 0 Å². The van der Waals surface area contributed by atoms with Crippen molar-refractivity contribution in [2.45, 2.75) is 18.9 Å². The molecule has 0 aromatic carbocycles. The van der Waals surface area contributed by atoms with Gasteiger partial charge < -0.3 is 10.0 Å². The third kappa shape index (κ3) is 2.19. The molecule has 0 amide bonds. The first kappa shape index (κ1) is 13.6. The predicted molar refractivity (Wildman–Crippen MR) is 82.5 cm³/mol. The third-order valence-electron chi connectivity index (χ3n) is 4.02. The molecule has 8 heteroatoms. The van der Waals surface area contributed by atoms with E-state index in [0.717, 1.165) is 11.8 Å². The fourth-order valence-corrected chi connectivity index (χ4v) is 2.98. The van der Waals surface area contributed by atoms with Crippen molar-refractivity contribution in [3.63, 3.8) is 0 Å². The van der Waals surface area contributed by atoms with Gasteiger partial charge in [-0.15, -0.1) is 0 Å². The van der Waals surface area contributed by atoms with E-state index in [4.69, 9.17) is 0 Å². The second-order valence-electron chi connectivity index (χ2n) is 5.37. The number of fused-ring (bicyclic) bond motifs is 1. The maximum Gasteiger partial charge on any atom is 0.326 e. The molecule has 23 heavy (non-hydrogen) atoms. The van der Waals surface area contributed by atoms with E-state index in [-0.39, 0.29) is 0 Å². The molecule has 0 radical (unpaired) electrons. The Labute approximate surface area is 131 Å². The minimum absolute atomic E-state index is 0.550. The number of aliphatic carboxylic acids is 1. The van der Waals surface area contributed by atoms with Crippen LogP contribution in [0.1, 0.15) is 12.8 Å². The molecule has 1 aliphatic heterocycles. The highest BCUT2D eigenvalue weighted by molar-refractivity contribution is 5.90. The van der Waals surface area contributed by atoms with E-state index in [9.17, 15) is 9.90 Å². The van der Waals surface area contributed by atoms with Crippen LogP contribution in [0.5, 0.6) is 0 Å². The number of aromatic nitrogens is 5. The summed E-state index contributed by atoms with van der Waals surface area (Å²) in [6.07, 6.45) is 6.24. The Morgan fingerprint density at radius 3 is 2.96 bits per heavy atom. The quantitative estimate of drug-likeness (QED) is 0.778. The topological polar surface area (TPSA) is 97.0 Å². The number of hydrogen-bond acceptors (Lipinski definition) is 6. The first-order valence-corrected chi connectivity index (χ1v) is 7.35. The molecule has 1 N–H and O–H groups in total. The van der Waals surface area contributed by atoms with Crippen molar-refractivity contribution in [1.29, 1.82) is 0 Å². The second-order valence-corrected chi connectivity index (χ2v) is 5.37. The molecule has 1 saturated heterocycles. The summed E-state index contributed by atoms with van der Waals surface area (Å²) in [5, 5.41) is 14.5. The number of rotatable bonds is 3. The van der Waals surface area contributed by atoms with Crippen molar-refractivity contribution in [2.24, 2.45) is 0 Å². The van der Waals surface area contributed by atoms with Crippen LogP contribution in [0.25, 0.3) is 16.9 Å². The van der Waals surface area contributed by atoms with E-state index >= 15 is 0 Å². The lowest BCUT2D eigenvalue weighted by molar-refractivity contribution is -0.138. The predicted octanol–water partition coefficient (Wildman–Crippen LogP) is 1.26. The summed E-state index contributed by atoms with van der Waals surface area (Å²) in [5.74, 6) is 0.441. The number of pyridine rings is 1. The van der Waals surface area contributed by atoms with Crippen molar-refractivity contribution in [3.8, 4) is 5.82 Å². The smallest absolute Gasteiger partial charge is 0.326 e. The summed E-state index contributed by atoms with van der Waals surface area (Å²) in [7, 11) is 0. The van der Waals surface area contributed by atoms with Crippen molar-refractivity contribution >= 4 is 22.8 Å². The van der Waals surface area contributed by atoms with E-state index in [2.05, 4.69) is 20.1 Å². The van der Waals surface area contributed by atoms with E-state index in [1.54, 1.807) is 17.1 Å². The van der Waals surface area contributed by atoms with Gasteiger partial charge in [0.05, 0.1) is 11.6 Å². The number of anilines is 1. The van der Waals surface area contributed by atoms with Crippen LogP contribution in [-0.2, 0) is 4.79 Å². The second kappa shape index (κ2) is 5.31. The fourth-order valence-electron chi connectivity index (χ4n) is 2.98. The van der Waals surface area contributed by atoms with Crippen molar-refractivity contribution in [1.82, 2.24) is 24.7 Å². The van der Waals surface area contributed by atoms with Crippen LogP contribution >= 0.6 is 0 Å². The van der Waals surface area contributed by atoms with Crippen LogP contribution < -0.4 is 4.90 Å². The first-order chi connectivity index (χ1) is 11.3. The van der Waals surface area contributed by atoms with Crippen LogP contribution in [0.2, 0.25) is 0 Å². The lowest BCUT2D eigenvalue weighted by Gasteiger charge is -2.22. The number of carboxylic acids is 1. The lowest BCUT2D eigenvalue weighted by atomic mass is 10.2. The average molecular weight is 310 g/mol. The molecule has 4 heterocycles. The molecule has 0 spiro atoms. The molecule has 3 aromatic rings. The molecule has 1 atom stereocenters. The Balaban J connectivity index is 1.84. The minimum Gasteiger partial charge on any atom is -0.480 e. The van der Waals surface area contributed by atoms with Crippen LogP contribution in [0.15, 0.2) is 36.9 Å². The van der Waals surface area contributed by atoms with Gasteiger partial charge in [-0.1, -0.05) is 6.07 Å². The van der Waals surface area contributed by atoms with Gasteiger partial charge in [0.15, 0.2) is 11.5 Å². The molecule has 8 nitrogen and oxygen atoms in total. The first-order valence-electron chi connectivity index (χ1n) is 7.35. The summed E-state index contributed by atoms with van der Waals surface area (Å²) in [6.45, 7) is 0.665. The Morgan fingerprint density at radius 1 is 1.26 bits per heavy atom. The van der Waals surface area contributed by atoms with Crippen LogP contribution in [0.4, 0.5) is 5.82 Å². The van der Waals surface area contributed by atoms with Gasteiger partial charge in [0, 0.05) is 12.7 Å². The molecule has 116 valence electrons. The summed E-state index contributed by atoms with van der Waals surface area (Å²) >= 11 is 0. The normalized spacial score (nSPS) is 17.7. The van der Waals surface area contributed by atoms with E-state index < -0.39 is 12.0 Å². The number of carbonyl (C=O) groups is 1. The van der Waals surface area contributed by atoms with E-state index in [1.165, 1.54) is 6.33 Å². The monoisotopic (exact) mass is 310 g/mol. The van der Waals surface area contributed by atoms with Gasteiger partial charge in [-0.3, -0.25) is 0 Å². The van der Waals surface area contributed by atoms with Crippen molar-refractivity contribution in [2.75, 3.05) is 11.4 Å². The maximum atomic E-state index is 11.4. The molecule has 3 aromatic heterocycles. The summed E-state index contributed by atoms with van der Waals surface area (Å²) in [4.78, 5) is 26.1. The highest BCUT2D eigenvalue weighted by Gasteiger charge is 2.33. The molecule has 4 rings (SSSR count). The Morgan fingerprint density at radius 2 is 2.17 bits per heavy atom. The zero-order valence-corrected chi connectivity index (χ0v) is 12.2. The van der Waals surface area contributed by atoms with E-state index in [0.29, 0.717) is 30.2 Å². The summed E-state index contributed by atoms with van der Waals surface area (Å²) in [6, 6.07) is 4.99. The molecule has 1 unspecified atom stereocenters. The molecule has 0 bridgehead atoms. The molecular weight excluding hydrogens is 296 g/mol. The molecule has 0 saturated carbocycles. The fraction of sp³-hybridized carbons (Fsp3) is 0.267. The highest BCUT2D eigenvalue weighted by Crippen LogP contribution is 2.30. The number of hydrogen-bond donors (Lipinski definition) is 1. The zero-order chi connectivity index (χ0) is 15.8. The van der Waals surface area contributed by atoms with Gasteiger partial charge in [-0.05, 0) is 25.0 Å². The number of nitrogens with zero attached hydrogens (tertiary/aromatic N) is 6. The molecule has 1 fully saturated rings. The molecular formula is C15H14N6O2. The third-order valence-corrected chi connectivity index (χ3v) is 4.02. The SMILES string of the molecule is O=C(O)C1CCCN1c1ncnc2c1cnn2-c1ccccn1. The van der Waals surface area contributed by atoms with Crippen LogP contribution in [-0.4, -0.2) is 48.4 Å². The minimum atomic E-state index is -0.827. The largest absolute Gasteiger partial charge is 0.480 e. The Kier molecular flexibility index (Phi) is 3.14. The number of carboxylic acid groups (broad SMARTS) is 1. The zero-order valence-electron chi connectivity index (χ0n) is 12.2. The lowest BCUT2D eigenvalue weighted by Crippen LogP contribution is -2.36. The summed E-state index contributed by atoms with van der Waals surface area (Å²) in [5.41, 5.74) is 0.615. The summed E-state index contributed by atoms with van der Waals surface area (Å²) < 4.78 is 1.63. The van der Waals surface area contributed by atoms with Crippen molar-refractivity contribution < 1.29 is 9.90 Å². The van der Waals surface area contributed by atoms with Gasteiger partial charge >= 0.3 is 5.97 Å². The standard InChI is InChI=1S/C15H14N6O2/c22-15(23)11-4-3-7-20(11)13-10-8-19-21(14(10)18-9-17-13)12-5-1-2-6-16-12/h1-2,5-6,8-9,11H,3-4,7H2,(H,22,23). The average Bonchev–Trinajstić information content (AvgIpc) is 3.22. The van der Waals surface area contributed by atoms with Crippen LogP contribution in [0, 0.1) is 0 Å². The van der Waals surface area contributed by atoms with Gasteiger partial charge in [0.25, 0.3) is 0 Å². The van der Waals surface area contributed by atoms with Gasteiger partial charge in [-0.25, -0.2) is 19.7 Å². The molecule has 0 aliphatic carbocycles. The Bertz CT molecular complexity index is 863. The Hall–Kier alpha value is -3.03. The maximum absolute atomic E-state index is 11.4. The highest BCUT2D eigenvalue weighted by atomic mass is 16.4. The van der Waals surface area contributed by atoms with Gasteiger partial charge in [-0.2, -0.15) is 9.78 Å². The van der Waals surface area contributed by atoms with Crippen LogP contribution in [0.3, 0.4) is 0 Å². The van der Waals surface area contributed by atoms with Crippen molar-refractivity contribution in [3.05, 3.63) is 36.9 Å². The van der Waals surface area contributed by atoms with E-state index in [1.807, 2.05) is 23.1 Å².